The van der Waals surface area contributed by atoms with E-state index in [4.69, 9.17) is 4.74 Å². The van der Waals surface area contributed by atoms with E-state index < -0.39 is 25.3 Å². The molecule has 1 aliphatic carbocycles. The largest absolute Gasteiger partial charge is 0.411 e. The molecular weight excluding hydrogens is 429 g/mol. The van der Waals surface area contributed by atoms with Gasteiger partial charge in [0.2, 0.25) is 5.91 Å². The zero-order valence-electron chi connectivity index (χ0n) is 17.9. The number of rotatable bonds is 7. The van der Waals surface area contributed by atoms with E-state index in [1.807, 2.05) is 11.3 Å². The number of ether oxygens (including phenoxy) is 2. The summed E-state index contributed by atoms with van der Waals surface area (Å²) in [6.45, 7) is 4.11. The summed E-state index contributed by atoms with van der Waals surface area (Å²) in [4.78, 5) is 17.1. The normalized spacial score (nSPS) is 25.8. The van der Waals surface area contributed by atoms with Gasteiger partial charge in [0.05, 0.1) is 12.2 Å². The lowest BCUT2D eigenvalue weighted by Gasteiger charge is -2.46. The number of nitrogens with zero attached hydrogens (tertiary/aromatic N) is 1. The Labute approximate surface area is 185 Å². The summed E-state index contributed by atoms with van der Waals surface area (Å²) in [5.41, 5.74) is 1.32. The zero-order valence-corrected chi connectivity index (χ0v) is 18.7. The quantitative estimate of drug-likeness (QED) is 0.675. The first-order chi connectivity index (χ1) is 14.8. The highest BCUT2D eigenvalue weighted by molar-refractivity contribution is 7.12. The third-order valence-electron chi connectivity index (χ3n) is 6.69. The van der Waals surface area contributed by atoms with Crippen LogP contribution in [-0.2, 0) is 32.7 Å². The number of aryl methyl sites for hydroxylation is 1. The van der Waals surface area contributed by atoms with Crippen molar-refractivity contribution in [1.29, 1.82) is 0 Å². The number of halogens is 3. The topological polar surface area (TPSA) is 50.8 Å². The Hall–Kier alpha value is -1.16. The van der Waals surface area contributed by atoms with Gasteiger partial charge in [-0.05, 0) is 49.7 Å². The number of alkyl halides is 3. The predicted octanol–water partition coefficient (Wildman–Crippen LogP) is 3.65. The van der Waals surface area contributed by atoms with Gasteiger partial charge in [-0.3, -0.25) is 4.79 Å². The number of carbonyl (C=O) groups excluding carboxylic acids is 1. The molecule has 1 aromatic heterocycles. The number of likely N-dealkylation sites (tertiary alicyclic amines) is 1. The molecule has 1 amide bonds. The highest BCUT2D eigenvalue weighted by atomic mass is 32.1. The van der Waals surface area contributed by atoms with Crippen molar-refractivity contribution >= 4 is 17.2 Å². The van der Waals surface area contributed by atoms with E-state index in [9.17, 15) is 18.0 Å². The molecular formula is C22H31F3N2O3S. The number of amides is 1. The smallest absolute Gasteiger partial charge is 0.370 e. The fourth-order valence-electron chi connectivity index (χ4n) is 5.05. The van der Waals surface area contributed by atoms with Crippen LogP contribution < -0.4 is 5.32 Å². The number of fused-ring (bicyclic) bond motifs is 2. The molecule has 174 valence electrons. The van der Waals surface area contributed by atoms with Crippen LogP contribution in [0.15, 0.2) is 6.07 Å². The van der Waals surface area contributed by atoms with Crippen LogP contribution in [0.2, 0.25) is 0 Å². The van der Waals surface area contributed by atoms with Gasteiger partial charge in [-0.2, -0.15) is 13.2 Å². The van der Waals surface area contributed by atoms with Gasteiger partial charge in [0, 0.05) is 41.9 Å². The molecule has 0 aromatic carbocycles. The molecule has 0 unspecified atom stereocenters. The SMILES string of the molecule is CCc1cc2c(s1)CCOC21CCN(CC2CC(NC(=O)COCC(F)(F)F)C2)CC1. The molecule has 0 radical (unpaired) electrons. The maximum Gasteiger partial charge on any atom is 0.411 e. The maximum atomic E-state index is 12.1. The molecule has 1 saturated carbocycles. The van der Waals surface area contributed by atoms with Gasteiger partial charge in [0.25, 0.3) is 0 Å². The van der Waals surface area contributed by atoms with Gasteiger partial charge in [-0.25, -0.2) is 0 Å². The maximum absolute atomic E-state index is 12.1. The fraction of sp³-hybridized carbons (Fsp3) is 0.773. The molecule has 9 heteroatoms. The first-order valence-corrected chi connectivity index (χ1v) is 12.0. The number of carbonyl (C=O) groups is 1. The van der Waals surface area contributed by atoms with Crippen molar-refractivity contribution in [3.8, 4) is 0 Å². The Balaban J connectivity index is 1.17. The molecule has 5 nitrogen and oxygen atoms in total. The second-order valence-corrected chi connectivity index (χ2v) is 10.2. The molecule has 4 rings (SSSR count). The van der Waals surface area contributed by atoms with E-state index in [1.165, 1.54) is 15.3 Å². The van der Waals surface area contributed by atoms with Crippen LogP contribution >= 0.6 is 11.3 Å². The first-order valence-electron chi connectivity index (χ1n) is 11.2. The van der Waals surface area contributed by atoms with Crippen molar-refractivity contribution in [3.05, 3.63) is 21.4 Å². The van der Waals surface area contributed by atoms with E-state index in [2.05, 4.69) is 27.9 Å². The Morgan fingerprint density at radius 1 is 1.35 bits per heavy atom. The molecule has 1 aromatic rings. The average molecular weight is 461 g/mol. The van der Waals surface area contributed by atoms with E-state index in [-0.39, 0.29) is 11.6 Å². The molecule has 3 aliphatic rings. The summed E-state index contributed by atoms with van der Waals surface area (Å²) in [5, 5.41) is 2.77. The number of hydrogen-bond acceptors (Lipinski definition) is 5. The predicted molar refractivity (Wildman–Crippen MR) is 112 cm³/mol. The highest BCUT2D eigenvalue weighted by Gasteiger charge is 2.42. The Morgan fingerprint density at radius 3 is 2.77 bits per heavy atom. The molecule has 31 heavy (non-hydrogen) atoms. The van der Waals surface area contributed by atoms with E-state index >= 15 is 0 Å². The van der Waals surface area contributed by atoms with Gasteiger partial charge >= 0.3 is 6.18 Å². The lowest BCUT2D eigenvalue weighted by atomic mass is 9.78. The molecule has 1 saturated heterocycles. The molecule has 3 heterocycles. The molecule has 1 spiro atoms. The van der Waals surface area contributed by atoms with Crippen molar-refractivity contribution in [2.45, 2.75) is 63.3 Å². The Kier molecular flexibility index (Phi) is 6.96. The lowest BCUT2D eigenvalue weighted by Crippen LogP contribution is -2.51. The van der Waals surface area contributed by atoms with Gasteiger partial charge in [0.15, 0.2) is 0 Å². The van der Waals surface area contributed by atoms with Crippen LogP contribution in [-0.4, -0.2) is 62.5 Å². The number of thiophene rings is 1. The lowest BCUT2D eigenvalue weighted by molar-refractivity contribution is -0.175. The second-order valence-electron chi connectivity index (χ2n) is 9.01. The minimum Gasteiger partial charge on any atom is -0.370 e. The minimum absolute atomic E-state index is 0.0469. The van der Waals surface area contributed by atoms with Crippen LogP contribution in [0.4, 0.5) is 13.2 Å². The van der Waals surface area contributed by atoms with Crippen molar-refractivity contribution in [2.24, 2.45) is 5.92 Å². The van der Waals surface area contributed by atoms with Crippen LogP contribution in [0.1, 0.15) is 47.9 Å². The van der Waals surface area contributed by atoms with E-state index in [0.717, 1.165) is 64.8 Å². The van der Waals surface area contributed by atoms with Gasteiger partial charge in [-0.15, -0.1) is 11.3 Å². The second kappa shape index (κ2) is 9.37. The molecule has 0 bridgehead atoms. The number of hydrogen-bond donors (Lipinski definition) is 1. The van der Waals surface area contributed by atoms with Gasteiger partial charge in [-0.1, -0.05) is 6.92 Å². The molecule has 1 N–H and O–H groups in total. The highest BCUT2D eigenvalue weighted by Crippen LogP contribution is 2.45. The van der Waals surface area contributed by atoms with Crippen molar-refractivity contribution in [1.82, 2.24) is 10.2 Å². The molecule has 2 fully saturated rings. The van der Waals surface area contributed by atoms with Crippen LogP contribution in [0, 0.1) is 5.92 Å². The fourth-order valence-corrected chi connectivity index (χ4v) is 6.23. The van der Waals surface area contributed by atoms with Crippen LogP contribution in [0.3, 0.4) is 0 Å². The van der Waals surface area contributed by atoms with Crippen LogP contribution in [0.25, 0.3) is 0 Å². The van der Waals surface area contributed by atoms with E-state index in [0.29, 0.717) is 5.92 Å². The third kappa shape index (κ3) is 5.61. The summed E-state index contributed by atoms with van der Waals surface area (Å²) in [6, 6.07) is 2.41. The van der Waals surface area contributed by atoms with Crippen LogP contribution in [0.5, 0.6) is 0 Å². The summed E-state index contributed by atoms with van der Waals surface area (Å²) >= 11 is 1.95. The average Bonchev–Trinajstić information content (AvgIpc) is 3.12. The summed E-state index contributed by atoms with van der Waals surface area (Å²) < 4.78 is 46.9. The van der Waals surface area contributed by atoms with Gasteiger partial charge < -0.3 is 19.7 Å². The molecule has 2 aliphatic heterocycles. The van der Waals surface area contributed by atoms with Gasteiger partial charge in [0.1, 0.15) is 13.2 Å². The summed E-state index contributed by atoms with van der Waals surface area (Å²) in [7, 11) is 0. The monoisotopic (exact) mass is 460 g/mol. The number of piperidine rings is 1. The van der Waals surface area contributed by atoms with Crippen molar-refractivity contribution in [2.75, 3.05) is 39.5 Å². The van der Waals surface area contributed by atoms with Crippen molar-refractivity contribution < 1.29 is 27.4 Å². The third-order valence-corrected chi connectivity index (χ3v) is 8.03. The van der Waals surface area contributed by atoms with Crippen molar-refractivity contribution in [3.63, 3.8) is 0 Å². The Bertz CT molecular complexity index is 769. The standard InChI is InChI=1S/C22H31F3N2O3S/c1-2-17-11-18-19(31-17)3-8-30-21(18)4-6-27(7-5-21)12-15-9-16(10-15)26-20(28)13-29-14-22(23,24)25/h11,15-16H,2-10,12-14H2,1H3,(H,26,28). The minimum atomic E-state index is -4.40. The summed E-state index contributed by atoms with van der Waals surface area (Å²) in [6.07, 6.45) is 1.48. The van der Waals surface area contributed by atoms with E-state index in [1.54, 1.807) is 0 Å². The summed E-state index contributed by atoms with van der Waals surface area (Å²) in [5.74, 6) is 0.0474. The molecule has 0 atom stereocenters. The zero-order chi connectivity index (χ0) is 22.1. The number of nitrogens with one attached hydrogen (secondary N) is 1. The first kappa shape index (κ1) is 23.0. The Morgan fingerprint density at radius 2 is 2.10 bits per heavy atom.